The number of aromatic nitrogens is 4. The summed E-state index contributed by atoms with van der Waals surface area (Å²) in [6, 6.07) is 32.8. The van der Waals surface area contributed by atoms with E-state index < -0.39 is 0 Å². The molecule has 2 aliphatic heterocycles. The molecule has 5 heteroatoms. The molecule has 8 bridgehead atoms. The molecule has 2 aliphatic rings. The van der Waals surface area contributed by atoms with Crippen molar-refractivity contribution in [1.82, 2.24) is 19.9 Å². The van der Waals surface area contributed by atoms with Crippen molar-refractivity contribution < 1.29 is 4.79 Å². The van der Waals surface area contributed by atoms with E-state index in [2.05, 4.69) is 175 Å². The van der Waals surface area contributed by atoms with Crippen LogP contribution >= 0.6 is 0 Å². The molecule has 58 heavy (non-hydrogen) atoms. The topological polar surface area (TPSA) is 74.4 Å². The van der Waals surface area contributed by atoms with Gasteiger partial charge in [-0.1, -0.05) is 117 Å². The monoisotopic (exact) mass is 754 g/mol. The number of aromatic amines is 2. The van der Waals surface area contributed by atoms with Gasteiger partial charge in [-0.15, -0.1) is 0 Å². The minimum absolute atomic E-state index is 0.557. The van der Waals surface area contributed by atoms with E-state index in [0.29, 0.717) is 5.56 Å². The number of carbonyl (C=O) groups is 1. The molecule has 2 N–H and O–H groups in total. The van der Waals surface area contributed by atoms with E-state index in [1.54, 1.807) is 0 Å². The molecule has 0 spiro atoms. The Morgan fingerprint density at radius 3 is 1.03 bits per heavy atom. The van der Waals surface area contributed by atoms with E-state index in [1.807, 2.05) is 6.07 Å². The summed E-state index contributed by atoms with van der Waals surface area (Å²) in [5.41, 5.74) is 24.6. The van der Waals surface area contributed by atoms with Crippen LogP contribution in [0.2, 0.25) is 0 Å². The Morgan fingerprint density at radius 2 is 0.690 bits per heavy atom. The highest BCUT2D eigenvalue weighted by Crippen LogP contribution is 2.40. The maximum absolute atomic E-state index is 13.2. The standard InChI is InChI=1S/C53H46N4O/c1-29-15-30(2)20-37(19-29)49-42-9-10-43(54-42)50(38-21-31(3)16-32(4)22-38)45-13-14-47(56-45)52(40-25-35(7)18-36(8)26-40)53-41(28-58)27-48(57-53)51(46-12-11-44(49)55-46)39-23-33(5)17-34(6)24-39/h9-28,54,57H,1-8H3. The van der Waals surface area contributed by atoms with Crippen molar-refractivity contribution in [2.75, 3.05) is 0 Å². The van der Waals surface area contributed by atoms with Crippen LogP contribution in [-0.2, 0) is 0 Å². The van der Waals surface area contributed by atoms with Gasteiger partial charge < -0.3 is 9.97 Å². The Balaban J connectivity index is 1.54. The van der Waals surface area contributed by atoms with E-state index in [-0.39, 0.29) is 0 Å². The Labute approximate surface area is 339 Å². The van der Waals surface area contributed by atoms with Crippen molar-refractivity contribution in [3.05, 3.63) is 164 Å². The van der Waals surface area contributed by atoms with E-state index in [1.165, 1.54) is 22.3 Å². The van der Waals surface area contributed by atoms with Gasteiger partial charge in [-0.25, -0.2) is 9.97 Å². The first kappa shape index (κ1) is 36.8. The molecule has 3 aromatic heterocycles. The molecule has 5 heterocycles. The predicted octanol–water partition coefficient (Wildman–Crippen LogP) is 13.6. The molecule has 5 nitrogen and oxygen atoms in total. The lowest BCUT2D eigenvalue weighted by atomic mass is 9.98. The Bertz CT molecular complexity index is 3030. The third kappa shape index (κ3) is 6.73. The maximum Gasteiger partial charge on any atom is 0.152 e. The van der Waals surface area contributed by atoms with Crippen molar-refractivity contribution in [1.29, 1.82) is 0 Å². The molecule has 0 saturated carbocycles. The zero-order valence-corrected chi connectivity index (χ0v) is 34.3. The van der Waals surface area contributed by atoms with E-state index in [0.717, 1.165) is 118 Å². The van der Waals surface area contributed by atoms with E-state index in [9.17, 15) is 4.79 Å². The lowest BCUT2D eigenvalue weighted by molar-refractivity contribution is 0.112. The quantitative estimate of drug-likeness (QED) is 0.172. The largest absolute Gasteiger partial charge is 0.354 e. The second-order valence-electron chi connectivity index (χ2n) is 16.4. The van der Waals surface area contributed by atoms with Gasteiger partial charge in [-0.3, -0.25) is 4.79 Å². The van der Waals surface area contributed by atoms with Crippen LogP contribution in [0.3, 0.4) is 0 Å². The molecular weight excluding hydrogens is 709 g/mol. The summed E-state index contributed by atoms with van der Waals surface area (Å²) in [5, 5.41) is 0. The highest BCUT2D eigenvalue weighted by Gasteiger charge is 2.21. The lowest BCUT2D eigenvalue weighted by Gasteiger charge is -2.10. The number of aldehydes is 1. The molecule has 0 saturated heterocycles. The highest BCUT2D eigenvalue weighted by molar-refractivity contribution is 6.04. The molecule has 0 radical (unpaired) electrons. The fraction of sp³-hybridized carbons (Fsp3) is 0.151. The first-order valence-electron chi connectivity index (χ1n) is 19.9. The number of hydrogen-bond acceptors (Lipinski definition) is 3. The third-order valence-corrected chi connectivity index (χ3v) is 11.1. The minimum atomic E-state index is 0.557. The summed E-state index contributed by atoms with van der Waals surface area (Å²) in [5.74, 6) is 0. The molecule has 0 unspecified atom stereocenters. The average molecular weight is 755 g/mol. The second kappa shape index (κ2) is 14.3. The summed E-state index contributed by atoms with van der Waals surface area (Å²) in [4.78, 5) is 31.9. The molecule has 284 valence electrons. The van der Waals surface area contributed by atoms with Crippen LogP contribution in [0.1, 0.15) is 77.6 Å². The summed E-state index contributed by atoms with van der Waals surface area (Å²) in [6.07, 6.45) is 9.40. The van der Waals surface area contributed by atoms with Gasteiger partial charge in [-0.05, 0) is 120 Å². The maximum atomic E-state index is 13.2. The summed E-state index contributed by atoms with van der Waals surface area (Å²) in [6.45, 7) is 17.0. The Morgan fingerprint density at radius 1 is 0.379 bits per heavy atom. The number of benzene rings is 4. The number of carbonyl (C=O) groups excluding carboxylic acids is 1. The van der Waals surface area contributed by atoms with Crippen LogP contribution in [0, 0.1) is 55.4 Å². The smallest absolute Gasteiger partial charge is 0.152 e. The fourth-order valence-electron chi connectivity index (χ4n) is 9.09. The van der Waals surface area contributed by atoms with Crippen molar-refractivity contribution in [2.45, 2.75) is 55.4 Å². The van der Waals surface area contributed by atoms with Gasteiger partial charge >= 0.3 is 0 Å². The van der Waals surface area contributed by atoms with Crippen LogP contribution in [-0.4, -0.2) is 26.2 Å². The van der Waals surface area contributed by atoms with Gasteiger partial charge in [0.25, 0.3) is 0 Å². The van der Waals surface area contributed by atoms with Gasteiger partial charge in [0, 0.05) is 44.4 Å². The number of nitrogens with zero attached hydrogens (tertiary/aromatic N) is 2. The number of H-pyrrole nitrogens is 2. The summed E-state index contributed by atoms with van der Waals surface area (Å²) in [7, 11) is 0. The van der Waals surface area contributed by atoms with Gasteiger partial charge in [0.05, 0.1) is 28.3 Å². The van der Waals surface area contributed by atoms with Crippen LogP contribution in [0.15, 0.2) is 91.0 Å². The van der Waals surface area contributed by atoms with Crippen LogP contribution in [0.25, 0.3) is 90.9 Å². The summed E-state index contributed by atoms with van der Waals surface area (Å²) < 4.78 is 0. The van der Waals surface area contributed by atoms with Crippen LogP contribution in [0.4, 0.5) is 0 Å². The minimum Gasteiger partial charge on any atom is -0.354 e. The van der Waals surface area contributed by atoms with Crippen molar-refractivity contribution in [3.63, 3.8) is 0 Å². The molecule has 0 atom stereocenters. The van der Waals surface area contributed by atoms with E-state index in [4.69, 9.17) is 9.97 Å². The summed E-state index contributed by atoms with van der Waals surface area (Å²) >= 11 is 0. The van der Waals surface area contributed by atoms with Crippen LogP contribution in [0.5, 0.6) is 0 Å². The first-order valence-corrected chi connectivity index (χ1v) is 19.9. The Hall–Kier alpha value is -6.85. The molecular formula is C53H46N4O. The van der Waals surface area contributed by atoms with Gasteiger partial charge in [-0.2, -0.15) is 0 Å². The molecule has 7 aromatic rings. The predicted molar refractivity (Wildman–Crippen MR) is 244 cm³/mol. The molecule has 9 rings (SSSR count). The normalized spacial score (nSPS) is 12.1. The third-order valence-electron chi connectivity index (χ3n) is 11.1. The van der Waals surface area contributed by atoms with Crippen molar-refractivity contribution >= 4 is 52.7 Å². The Kier molecular flexibility index (Phi) is 9.04. The number of fused-ring (bicyclic) bond motifs is 8. The zero-order chi connectivity index (χ0) is 40.4. The van der Waals surface area contributed by atoms with E-state index >= 15 is 0 Å². The zero-order valence-electron chi connectivity index (χ0n) is 34.3. The number of hydrogen-bond donors (Lipinski definition) is 2. The molecule has 4 aromatic carbocycles. The highest BCUT2D eigenvalue weighted by atomic mass is 16.1. The lowest BCUT2D eigenvalue weighted by Crippen LogP contribution is -1.92. The molecule has 0 fully saturated rings. The van der Waals surface area contributed by atoms with Gasteiger partial charge in [0.15, 0.2) is 6.29 Å². The van der Waals surface area contributed by atoms with Crippen molar-refractivity contribution in [3.8, 4) is 44.5 Å². The van der Waals surface area contributed by atoms with Crippen LogP contribution < -0.4 is 0 Å². The average Bonchev–Trinajstić information content (AvgIpc) is 3.97. The first-order chi connectivity index (χ1) is 27.9. The molecule has 0 amide bonds. The second-order valence-corrected chi connectivity index (χ2v) is 16.4. The van der Waals surface area contributed by atoms with Gasteiger partial charge in [0.1, 0.15) is 0 Å². The van der Waals surface area contributed by atoms with Gasteiger partial charge in [0.2, 0.25) is 0 Å². The SMILES string of the molecule is Cc1cc(C)cc(-c2c3nc(c(-c4cc(C)cc(C)c4)c4cc(C=O)c([nH]4)c(-c4cc(C)cc(C)c4)c4nc(c(-c5cc(C)cc(C)c5)c5ccc2[nH]5)C=C4)C=C3)c1. The number of nitrogens with one attached hydrogen (secondary N) is 2. The number of aryl methyl sites for hydroxylation is 8. The fourth-order valence-corrected chi connectivity index (χ4v) is 9.09. The van der Waals surface area contributed by atoms with Crippen molar-refractivity contribution in [2.24, 2.45) is 0 Å². The molecule has 0 aliphatic carbocycles. The number of rotatable bonds is 5.